The summed E-state index contributed by atoms with van der Waals surface area (Å²) in [5.74, 6) is 0. The van der Waals surface area contributed by atoms with Crippen LogP contribution >= 0.6 is 0 Å². The van der Waals surface area contributed by atoms with E-state index in [4.69, 9.17) is 8.83 Å². The van der Waals surface area contributed by atoms with E-state index >= 15 is 0 Å². The molecule has 0 atom stereocenters. The minimum absolute atomic E-state index is 0.0432. The number of benzene rings is 7. The lowest BCUT2D eigenvalue weighted by Crippen LogP contribution is -2.60. The molecule has 3 aromatic heterocycles. The zero-order chi connectivity index (χ0) is 39.9. The molecule has 0 saturated carbocycles. The number of hydrogen-bond donors (Lipinski definition) is 0. The summed E-state index contributed by atoms with van der Waals surface area (Å²) < 4.78 is 15.9. The minimum Gasteiger partial charge on any atom is -0.456 e. The fraction of sp³-hybridized carbons (Fsp3) is 0.222. The standard InChI is InChI=1S/C54H45BN2O2/c1-52(2,3)30-16-18-31(19-17-30)57-44-28-41-40(53(4,5)22-23-54(41,6)7)24-36(44)34-20-21-35-37-27-48-38(32-12-8-10-14-46(32)58-48)25-43(37)56-45-26-39-33-13-9-11-15-47(33)59-49(39)29-42(45)55(57)50(34)51(35)56/h8-21,24-29H,22-23H2,1-7H3. The Balaban J connectivity index is 1.21. The van der Waals surface area contributed by atoms with Crippen molar-refractivity contribution in [2.45, 2.75) is 77.6 Å². The lowest BCUT2D eigenvalue weighted by Gasteiger charge is -2.46. The van der Waals surface area contributed by atoms with Crippen LogP contribution in [0, 0.1) is 0 Å². The second-order valence-corrected chi connectivity index (χ2v) is 20.0. The van der Waals surface area contributed by atoms with Crippen LogP contribution < -0.4 is 15.7 Å². The third-order valence-electron chi connectivity index (χ3n) is 14.6. The van der Waals surface area contributed by atoms with Crippen molar-refractivity contribution >= 4 is 94.8 Å². The maximum absolute atomic E-state index is 6.73. The van der Waals surface area contributed by atoms with Gasteiger partial charge in [-0.15, -0.1) is 0 Å². The number of hydrogen-bond acceptors (Lipinski definition) is 3. The molecule has 0 spiro atoms. The zero-order valence-electron chi connectivity index (χ0n) is 34.7. The van der Waals surface area contributed by atoms with Crippen LogP contribution in [0.2, 0.25) is 0 Å². The lowest BCUT2D eigenvalue weighted by atomic mass is 9.43. The highest BCUT2D eigenvalue weighted by Gasteiger charge is 2.46. The molecule has 0 unspecified atom stereocenters. The summed E-state index contributed by atoms with van der Waals surface area (Å²) in [4.78, 5) is 2.68. The number of aromatic nitrogens is 1. The molecule has 5 heteroatoms. The predicted molar refractivity (Wildman–Crippen MR) is 248 cm³/mol. The van der Waals surface area contributed by atoms with E-state index in [1.807, 2.05) is 0 Å². The third-order valence-corrected chi connectivity index (χ3v) is 14.6. The van der Waals surface area contributed by atoms with E-state index in [9.17, 15) is 0 Å². The molecule has 10 aromatic rings. The summed E-state index contributed by atoms with van der Waals surface area (Å²) in [6.45, 7) is 16.6. The average Bonchev–Trinajstić information content (AvgIpc) is 3.88. The molecule has 1 aliphatic carbocycles. The number of furan rings is 2. The number of para-hydroxylation sites is 2. The smallest absolute Gasteiger partial charge is 0.333 e. The molecule has 0 bridgehead atoms. The van der Waals surface area contributed by atoms with Crippen molar-refractivity contribution in [3.63, 3.8) is 0 Å². The van der Waals surface area contributed by atoms with E-state index in [2.05, 4.69) is 179 Å². The maximum atomic E-state index is 6.73. The van der Waals surface area contributed by atoms with Gasteiger partial charge in [0, 0.05) is 54.9 Å². The Kier molecular flexibility index (Phi) is 6.23. The van der Waals surface area contributed by atoms with Crippen molar-refractivity contribution < 1.29 is 8.83 Å². The van der Waals surface area contributed by atoms with Crippen molar-refractivity contribution in [3.8, 4) is 16.8 Å². The van der Waals surface area contributed by atoms with Crippen LogP contribution in [0.3, 0.4) is 0 Å². The van der Waals surface area contributed by atoms with E-state index in [1.54, 1.807) is 0 Å². The Hall–Kier alpha value is -6.20. The molecule has 13 rings (SSSR count). The quantitative estimate of drug-likeness (QED) is 0.156. The lowest BCUT2D eigenvalue weighted by molar-refractivity contribution is 0.332. The SMILES string of the molecule is CC(C)(C)c1ccc(N2B3c4cc5oc6ccccc6c5cc4-n4c5cc6c(cc5c5ccc(c3c54)-c3cc4c(cc32)C(C)(C)CCC4(C)C)oc2ccccc26)cc1. The zero-order valence-corrected chi connectivity index (χ0v) is 34.7. The van der Waals surface area contributed by atoms with Crippen LogP contribution in [0.1, 0.15) is 78.0 Å². The summed E-state index contributed by atoms with van der Waals surface area (Å²) in [5, 5.41) is 7.02. The second kappa shape index (κ2) is 10.9. The highest BCUT2D eigenvalue weighted by molar-refractivity contribution is 6.93. The molecule has 0 saturated heterocycles. The second-order valence-electron chi connectivity index (χ2n) is 20.0. The molecule has 0 amide bonds. The highest BCUT2D eigenvalue weighted by Crippen LogP contribution is 2.53. The molecule has 2 aliphatic heterocycles. The summed E-state index contributed by atoms with van der Waals surface area (Å²) in [6, 6.07) is 45.8. The number of anilines is 2. The fourth-order valence-electron chi connectivity index (χ4n) is 11.3. The first-order chi connectivity index (χ1) is 28.4. The number of rotatable bonds is 1. The molecule has 7 aromatic carbocycles. The molecule has 5 heterocycles. The van der Waals surface area contributed by atoms with Crippen molar-refractivity contribution in [2.24, 2.45) is 0 Å². The summed E-state index contributed by atoms with van der Waals surface area (Å²) in [6.07, 6.45) is 2.33. The van der Waals surface area contributed by atoms with Gasteiger partial charge in [-0.1, -0.05) is 109 Å². The van der Waals surface area contributed by atoms with E-state index in [-0.39, 0.29) is 23.1 Å². The minimum atomic E-state index is -0.104. The van der Waals surface area contributed by atoms with Gasteiger partial charge >= 0.3 is 6.85 Å². The normalized spacial score (nSPS) is 16.5. The van der Waals surface area contributed by atoms with Crippen molar-refractivity contribution in [2.75, 3.05) is 4.81 Å². The first kappa shape index (κ1) is 33.7. The van der Waals surface area contributed by atoms with Crippen LogP contribution in [0.4, 0.5) is 11.4 Å². The van der Waals surface area contributed by atoms with Crippen LogP contribution in [-0.2, 0) is 16.2 Å². The van der Waals surface area contributed by atoms with E-state index in [1.165, 1.54) is 84.0 Å². The summed E-state index contributed by atoms with van der Waals surface area (Å²) >= 11 is 0. The first-order valence-corrected chi connectivity index (χ1v) is 21.3. The van der Waals surface area contributed by atoms with Crippen LogP contribution in [0.25, 0.3) is 82.5 Å². The van der Waals surface area contributed by atoms with Gasteiger partial charge in [-0.25, -0.2) is 0 Å². The fourth-order valence-corrected chi connectivity index (χ4v) is 11.3. The molecule has 4 nitrogen and oxygen atoms in total. The predicted octanol–water partition coefficient (Wildman–Crippen LogP) is 13.5. The van der Waals surface area contributed by atoms with Gasteiger partial charge in [0.25, 0.3) is 0 Å². The van der Waals surface area contributed by atoms with E-state index in [0.29, 0.717) is 0 Å². The first-order valence-electron chi connectivity index (χ1n) is 21.3. The van der Waals surface area contributed by atoms with Gasteiger partial charge in [-0.2, -0.15) is 0 Å². The van der Waals surface area contributed by atoms with Gasteiger partial charge in [0.1, 0.15) is 22.3 Å². The molecular weight excluding hydrogens is 719 g/mol. The maximum Gasteiger partial charge on any atom is 0.333 e. The Bertz CT molecular complexity index is 3500. The molecule has 286 valence electrons. The third kappa shape index (κ3) is 4.35. The number of nitrogens with zero attached hydrogens (tertiary/aromatic N) is 2. The Labute approximate surface area is 344 Å². The largest absolute Gasteiger partial charge is 0.456 e. The van der Waals surface area contributed by atoms with Gasteiger partial charge in [0.05, 0.1) is 11.0 Å². The monoisotopic (exact) mass is 764 g/mol. The Morgan fingerprint density at radius 2 is 1.17 bits per heavy atom. The molecule has 0 fully saturated rings. The highest BCUT2D eigenvalue weighted by atomic mass is 16.3. The number of fused-ring (bicyclic) bond motifs is 15. The van der Waals surface area contributed by atoms with Crippen molar-refractivity contribution in [3.05, 3.63) is 138 Å². The molecule has 0 N–H and O–H groups in total. The van der Waals surface area contributed by atoms with Crippen molar-refractivity contribution in [1.82, 2.24) is 4.57 Å². The molecule has 0 radical (unpaired) electrons. The molecule has 59 heavy (non-hydrogen) atoms. The van der Waals surface area contributed by atoms with Crippen LogP contribution in [0.5, 0.6) is 0 Å². The van der Waals surface area contributed by atoms with Gasteiger partial charge < -0.3 is 18.2 Å². The summed E-state index contributed by atoms with van der Waals surface area (Å²) in [5.41, 5.74) is 19.5. The van der Waals surface area contributed by atoms with Gasteiger partial charge in [-0.05, 0) is 123 Å². The average molecular weight is 765 g/mol. The van der Waals surface area contributed by atoms with E-state index < -0.39 is 0 Å². The van der Waals surface area contributed by atoms with Crippen LogP contribution in [-0.4, -0.2) is 11.4 Å². The van der Waals surface area contributed by atoms with Gasteiger partial charge in [0.15, 0.2) is 0 Å². The van der Waals surface area contributed by atoms with E-state index in [0.717, 1.165) is 50.3 Å². The summed E-state index contributed by atoms with van der Waals surface area (Å²) in [7, 11) is 0. The van der Waals surface area contributed by atoms with Gasteiger partial charge in [0.2, 0.25) is 0 Å². The Morgan fingerprint density at radius 3 is 1.85 bits per heavy atom. The molecular formula is C54H45BN2O2. The van der Waals surface area contributed by atoms with Crippen molar-refractivity contribution in [1.29, 1.82) is 0 Å². The molecule has 3 aliphatic rings. The topological polar surface area (TPSA) is 34.5 Å². The van der Waals surface area contributed by atoms with Gasteiger partial charge in [-0.3, -0.25) is 0 Å². The van der Waals surface area contributed by atoms with Crippen LogP contribution in [0.15, 0.2) is 130 Å². The Morgan fingerprint density at radius 1 is 0.542 bits per heavy atom.